The molecule has 6 aromatic rings. The molecule has 1 amide bonds. The van der Waals surface area contributed by atoms with E-state index in [1.54, 1.807) is 25.2 Å². The van der Waals surface area contributed by atoms with Crippen LogP contribution in [-0.4, -0.2) is 55.4 Å². The summed E-state index contributed by atoms with van der Waals surface area (Å²) in [6.07, 6.45) is -0.531. The van der Waals surface area contributed by atoms with Crippen molar-refractivity contribution in [3.63, 3.8) is 0 Å². The van der Waals surface area contributed by atoms with Gasteiger partial charge in [0.25, 0.3) is 0 Å². The minimum absolute atomic E-state index is 0.137. The molecule has 6 rings (SSSR count). The van der Waals surface area contributed by atoms with Crippen molar-refractivity contribution in [2.45, 2.75) is 0 Å². The van der Waals surface area contributed by atoms with Gasteiger partial charge in [-0.15, -0.1) is 0 Å². The highest BCUT2D eigenvalue weighted by Gasteiger charge is 2.14. The number of anilines is 3. The van der Waals surface area contributed by atoms with E-state index in [0.29, 0.717) is 28.0 Å². The van der Waals surface area contributed by atoms with Crippen LogP contribution in [0, 0.1) is 0 Å². The minimum atomic E-state index is -0.531. The van der Waals surface area contributed by atoms with Crippen molar-refractivity contribution in [3.8, 4) is 0 Å². The fraction of sp³-hybridized carbons (Fsp3) is 0.0800. The lowest BCUT2D eigenvalue weighted by molar-refractivity contribution is 0.174. The third-order valence-electron chi connectivity index (χ3n) is 5.36. The maximum Gasteiger partial charge on any atom is 0.421 e. The molecule has 0 aliphatic rings. The van der Waals surface area contributed by atoms with Crippen LogP contribution < -0.4 is 22.5 Å². The molecule has 3 heterocycles. The van der Waals surface area contributed by atoms with Gasteiger partial charge in [-0.3, -0.25) is 0 Å². The van der Waals surface area contributed by atoms with Crippen LogP contribution in [0.15, 0.2) is 72.8 Å². The number of nitrogens with two attached hydrogens (primary N) is 3. The lowest BCUT2D eigenvalue weighted by Gasteiger charge is -2.02. The van der Waals surface area contributed by atoms with Gasteiger partial charge in [-0.25, -0.2) is 33.7 Å². The quantitative estimate of drug-likeness (QED) is 0.202. The van der Waals surface area contributed by atoms with Gasteiger partial charge in [-0.05, 0) is 36.4 Å². The molecule has 0 atom stereocenters. The zero-order valence-corrected chi connectivity index (χ0v) is 20.6. The number of nitrogen functional groups attached to an aromatic ring is 3. The molecule has 0 unspecified atom stereocenters. The van der Waals surface area contributed by atoms with Crippen LogP contribution in [0.2, 0.25) is 0 Å². The number of benzene rings is 3. The van der Waals surface area contributed by atoms with E-state index >= 15 is 0 Å². The van der Waals surface area contributed by atoms with Crippen LogP contribution >= 0.6 is 0 Å². The number of nitrogens with one attached hydrogen (secondary N) is 2. The van der Waals surface area contributed by atoms with E-state index in [4.69, 9.17) is 17.2 Å². The Morgan fingerprint density at radius 3 is 1.82 bits per heavy atom. The molecule has 0 saturated carbocycles. The maximum absolute atomic E-state index is 11.4. The average molecular weight is 515 g/mol. The van der Waals surface area contributed by atoms with Gasteiger partial charge in [0.05, 0.1) is 40.2 Å². The highest BCUT2D eigenvalue weighted by molar-refractivity contribution is 5.92. The third-order valence-corrected chi connectivity index (χ3v) is 5.36. The molecule has 38 heavy (non-hydrogen) atoms. The number of methoxy groups -OCH3 is 1. The molecule has 0 aliphatic carbocycles. The number of ether oxygens (including phenoxy) is 1. The highest BCUT2D eigenvalue weighted by Crippen LogP contribution is 2.18. The number of imidazole rings is 3. The predicted molar refractivity (Wildman–Crippen MR) is 146 cm³/mol. The Kier molecular flexibility index (Phi) is 7.38. The number of hydrogen-bond acceptors (Lipinski definition) is 9. The molecule has 3 aromatic heterocycles. The summed E-state index contributed by atoms with van der Waals surface area (Å²) in [6, 6.07) is 21.9. The number of amides is 1. The van der Waals surface area contributed by atoms with Crippen LogP contribution in [0.1, 0.15) is 0 Å². The van der Waals surface area contributed by atoms with E-state index in [-0.39, 0.29) is 17.9 Å². The van der Waals surface area contributed by atoms with Gasteiger partial charge in [0.15, 0.2) is 5.95 Å². The van der Waals surface area contributed by atoms with Crippen LogP contribution in [-0.2, 0) is 4.74 Å². The van der Waals surface area contributed by atoms with Crippen LogP contribution in [0.4, 0.5) is 27.4 Å². The summed E-state index contributed by atoms with van der Waals surface area (Å²) in [6.45, 7) is 0. The van der Waals surface area contributed by atoms with Crippen molar-refractivity contribution in [1.82, 2.24) is 34.4 Å². The summed E-state index contributed by atoms with van der Waals surface area (Å²) in [7, 11) is 2.85. The van der Waals surface area contributed by atoms with E-state index in [2.05, 4.69) is 30.0 Å². The second-order valence-corrected chi connectivity index (χ2v) is 7.75. The minimum Gasteiger partial charge on any atom is -0.452 e. The van der Waals surface area contributed by atoms with Crippen molar-refractivity contribution in [3.05, 3.63) is 72.8 Å². The fourth-order valence-corrected chi connectivity index (χ4v) is 3.67. The number of aromatic amines is 1. The first-order chi connectivity index (χ1) is 18.3. The summed E-state index contributed by atoms with van der Waals surface area (Å²) < 4.78 is 7.16. The Labute approximate surface area is 216 Å². The van der Waals surface area contributed by atoms with Gasteiger partial charge in [0, 0.05) is 7.05 Å². The number of carbonyl (C=O) groups excluding carboxylic acids is 2. The summed E-state index contributed by atoms with van der Waals surface area (Å²) in [5.74, 6) is 0.810. The Morgan fingerprint density at radius 2 is 1.26 bits per heavy atom. The second kappa shape index (κ2) is 11.0. The molecule has 0 saturated heterocycles. The fourth-order valence-electron chi connectivity index (χ4n) is 3.67. The Morgan fingerprint density at radius 1 is 0.763 bits per heavy atom. The summed E-state index contributed by atoms with van der Waals surface area (Å²) in [5.41, 5.74) is 21.3. The van der Waals surface area contributed by atoms with Gasteiger partial charge in [0.1, 0.15) is 0 Å². The third kappa shape index (κ3) is 5.16. The summed E-state index contributed by atoms with van der Waals surface area (Å²) >= 11 is 0. The SMILES string of the molecule is CNC(=O)n1c(N)nc2ccccc21.COC(=O)n1c(N)nc2ccccc21.Nc1nc2ccccc2[nH]1. The standard InChI is InChI=1S/C9H10N4O.C9H9N3O2.C7H7N3/c1-11-9(14)13-7-5-3-2-4-6(7)12-8(13)10;1-14-9(13)12-7-5-3-2-4-6(7)11-8(12)10;8-7-9-5-3-1-2-4-6(5)10-7/h2-5H,1H3,(H2,10,12)(H,11,14);2-5H,1H3,(H2,10,11);1-4H,(H3,8,9,10). The number of fused-ring (bicyclic) bond motifs is 3. The molecule has 194 valence electrons. The number of nitrogens with zero attached hydrogens (tertiary/aromatic N) is 5. The Bertz CT molecular complexity index is 1610. The number of carbonyl (C=O) groups is 2. The van der Waals surface area contributed by atoms with E-state index < -0.39 is 6.09 Å². The molecule has 0 aliphatic heterocycles. The molecule has 0 bridgehead atoms. The van der Waals surface area contributed by atoms with E-state index in [1.807, 2.05) is 54.6 Å². The smallest absolute Gasteiger partial charge is 0.421 e. The first-order valence-electron chi connectivity index (χ1n) is 11.3. The zero-order valence-electron chi connectivity index (χ0n) is 20.6. The second-order valence-electron chi connectivity index (χ2n) is 7.75. The molecule has 0 spiro atoms. The molecule has 0 radical (unpaired) electrons. The first kappa shape index (κ1) is 25.5. The Hall–Kier alpha value is -5.59. The van der Waals surface area contributed by atoms with Crippen molar-refractivity contribution >= 4 is 63.1 Å². The van der Waals surface area contributed by atoms with Gasteiger partial charge in [-0.1, -0.05) is 36.4 Å². The molecule has 0 fully saturated rings. The molecular weight excluding hydrogens is 488 g/mol. The zero-order chi connectivity index (χ0) is 27.2. The molecule has 13 nitrogen and oxygen atoms in total. The monoisotopic (exact) mass is 514 g/mol. The molecule has 3 aromatic carbocycles. The molecule has 13 heteroatoms. The number of hydrogen-bond donors (Lipinski definition) is 5. The molecular formula is C25H26N10O3. The highest BCUT2D eigenvalue weighted by atomic mass is 16.5. The lowest BCUT2D eigenvalue weighted by atomic mass is 10.3. The topological polar surface area (TPSA) is 198 Å². The van der Waals surface area contributed by atoms with Gasteiger partial charge >= 0.3 is 12.1 Å². The van der Waals surface area contributed by atoms with E-state index in [1.165, 1.54) is 16.2 Å². The lowest BCUT2D eigenvalue weighted by Crippen LogP contribution is -2.25. The van der Waals surface area contributed by atoms with Crippen molar-refractivity contribution in [1.29, 1.82) is 0 Å². The van der Waals surface area contributed by atoms with Gasteiger partial charge < -0.3 is 32.2 Å². The normalized spacial score (nSPS) is 10.4. The largest absolute Gasteiger partial charge is 0.452 e. The van der Waals surface area contributed by atoms with E-state index in [0.717, 1.165) is 11.0 Å². The number of aromatic nitrogens is 6. The maximum atomic E-state index is 11.4. The summed E-state index contributed by atoms with van der Waals surface area (Å²) in [4.78, 5) is 37.8. The number of para-hydroxylation sites is 6. The number of H-pyrrole nitrogens is 1. The molecule has 8 N–H and O–H groups in total. The van der Waals surface area contributed by atoms with Crippen LogP contribution in [0.5, 0.6) is 0 Å². The van der Waals surface area contributed by atoms with Gasteiger partial charge in [-0.2, -0.15) is 0 Å². The van der Waals surface area contributed by atoms with Gasteiger partial charge in [0.2, 0.25) is 11.9 Å². The average Bonchev–Trinajstić information content (AvgIpc) is 3.58. The van der Waals surface area contributed by atoms with E-state index in [9.17, 15) is 9.59 Å². The first-order valence-corrected chi connectivity index (χ1v) is 11.3. The number of rotatable bonds is 0. The Balaban J connectivity index is 0.000000135. The van der Waals surface area contributed by atoms with Crippen molar-refractivity contribution in [2.75, 3.05) is 31.4 Å². The van der Waals surface area contributed by atoms with Crippen LogP contribution in [0.3, 0.4) is 0 Å². The van der Waals surface area contributed by atoms with Crippen molar-refractivity contribution in [2.24, 2.45) is 0 Å². The summed E-state index contributed by atoms with van der Waals surface area (Å²) in [5, 5.41) is 2.50. The van der Waals surface area contributed by atoms with Crippen molar-refractivity contribution < 1.29 is 14.3 Å². The predicted octanol–water partition coefficient (Wildman–Crippen LogP) is 3.18. The van der Waals surface area contributed by atoms with Crippen LogP contribution in [0.25, 0.3) is 33.1 Å².